The van der Waals surface area contributed by atoms with E-state index in [4.69, 9.17) is 0 Å². The number of rotatable bonds is 4. The average Bonchev–Trinajstić information content (AvgIpc) is 3.17. The number of nitrogens with one attached hydrogen (secondary N) is 1. The first-order chi connectivity index (χ1) is 11.1. The molecule has 0 saturated carbocycles. The van der Waals surface area contributed by atoms with Gasteiger partial charge in [0.15, 0.2) is 0 Å². The maximum Gasteiger partial charge on any atom is 0.317 e. The van der Waals surface area contributed by atoms with Crippen LogP contribution >= 0.6 is 11.3 Å². The fourth-order valence-corrected chi connectivity index (χ4v) is 3.77. The Balaban J connectivity index is 1.51. The number of likely N-dealkylation sites (tertiary alicyclic amines) is 1. The lowest BCUT2D eigenvalue weighted by molar-refractivity contribution is 0.203. The van der Waals surface area contributed by atoms with E-state index in [0.29, 0.717) is 5.92 Å². The van der Waals surface area contributed by atoms with Gasteiger partial charge in [0.1, 0.15) is 0 Å². The number of benzene rings is 1. The Bertz CT molecular complexity index is 655. The quantitative estimate of drug-likeness (QED) is 0.927. The molecule has 1 aliphatic rings. The molecular formula is C18H23N3OS. The second kappa shape index (κ2) is 7.13. The van der Waals surface area contributed by atoms with Crippen molar-refractivity contribution in [1.29, 1.82) is 0 Å². The summed E-state index contributed by atoms with van der Waals surface area (Å²) < 4.78 is 0. The smallest absolute Gasteiger partial charge is 0.317 e. The van der Waals surface area contributed by atoms with Crippen LogP contribution in [-0.2, 0) is 6.42 Å². The van der Waals surface area contributed by atoms with Gasteiger partial charge in [0.25, 0.3) is 0 Å². The maximum absolute atomic E-state index is 12.4. The van der Waals surface area contributed by atoms with E-state index < -0.39 is 0 Å². The summed E-state index contributed by atoms with van der Waals surface area (Å²) in [5.41, 5.74) is 2.30. The Morgan fingerprint density at radius 2 is 2.22 bits per heavy atom. The zero-order chi connectivity index (χ0) is 16.2. The van der Waals surface area contributed by atoms with Crippen LogP contribution in [0.15, 0.2) is 35.7 Å². The lowest BCUT2D eigenvalue weighted by atomic mass is 9.99. The van der Waals surface area contributed by atoms with Crippen molar-refractivity contribution in [2.75, 3.05) is 13.1 Å². The third kappa shape index (κ3) is 4.10. The van der Waals surface area contributed by atoms with E-state index in [0.717, 1.165) is 36.6 Å². The number of thiazole rings is 1. The van der Waals surface area contributed by atoms with E-state index >= 15 is 0 Å². The van der Waals surface area contributed by atoms with Crippen LogP contribution in [0, 0.1) is 12.8 Å². The molecule has 0 spiro atoms. The summed E-state index contributed by atoms with van der Waals surface area (Å²) in [4.78, 5) is 18.8. The largest absolute Gasteiger partial charge is 0.330 e. The second-order valence-electron chi connectivity index (χ2n) is 6.25. The van der Waals surface area contributed by atoms with Gasteiger partial charge in [-0.2, -0.15) is 0 Å². The molecule has 3 rings (SSSR count). The molecule has 5 heteroatoms. The second-order valence-corrected chi connectivity index (χ2v) is 7.32. The highest BCUT2D eigenvalue weighted by molar-refractivity contribution is 7.09. The topological polar surface area (TPSA) is 45.2 Å². The summed E-state index contributed by atoms with van der Waals surface area (Å²) >= 11 is 1.62. The molecule has 0 aliphatic carbocycles. The first-order valence-corrected chi connectivity index (χ1v) is 9.01. The van der Waals surface area contributed by atoms with Crippen molar-refractivity contribution in [1.82, 2.24) is 15.2 Å². The van der Waals surface area contributed by atoms with Crippen LogP contribution in [0.4, 0.5) is 4.79 Å². The van der Waals surface area contributed by atoms with E-state index in [1.165, 1.54) is 5.56 Å². The number of hydrogen-bond acceptors (Lipinski definition) is 3. The number of carbonyl (C=O) groups is 1. The van der Waals surface area contributed by atoms with Crippen molar-refractivity contribution in [3.05, 3.63) is 52.0 Å². The van der Waals surface area contributed by atoms with E-state index in [1.54, 1.807) is 11.3 Å². The normalized spacial score (nSPS) is 18.9. The number of amides is 2. The maximum atomic E-state index is 12.4. The highest BCUT2D eigenvalue weighted by atomic mass is 32.1. The van der Waals surface area contributed by atoms with Gasteiger partial charge in [-0.1, -0.05) is 30.3 Å². The van der Waals surface area contributed by atoms with Gasteiger partial charge in [0.05, 0.1) is 16.7 Å². The number of urea groups is 1. The summed E-state index contributed by atoms with van der Waals surface area (Å²) in [6.07, 6.45) is 2.12. The van der Waals surface area contributed by atoms with Crippen LogP contribution in [0.5, 0.6) is 0 Å². The fourth-order valence-electron chi connectivity index (χ4n) is 3.06. The Labute approximate surface area is 141 Å². The number of aryl methyl sites for hydroxylation is 1. The number of carbonyl (C=O) groups excluding carboxylic acids is 1. The minimum absolute atomic E-state index is 0.0266. The zero-order valence-electron chi connectivity index (χ0n) is 13.7. The first kappa shape index (κ1) is 16.0. The van der Waals surface area contributed by atoms with Crippen LogP contribution in [0.3, 0.4) is 0 Å². The molecule has 1 N–H and O–H groups in total. The molecule has 122 valence electrons. The monoisotopic (exact) mass is 329 g/mol. The van der Waals surface area contributed by atoms with Crippen molar-refractivity contribution in [3.8, 4) is 0 Å². The number of nitrogens with zero attached hydrogens (tertiary/aromatic N) is 2. The molecular weight excluding hydrogens is 306 g/mol. The minimum Gasteiger partial charge on any atom is -0.330 e. The van der Waals surface area contributed by atoms with Crippen LogP contribution < -0.4 is 5.32 Å². The van der Waals surface area contributed by atoms with Crippen molar-refractivity contribution < 1.29 is 4.79 Å². The molecule has 2 amide bonds. The SMILES string of the molecule is Cc1nc([C@H](C)NC(=O)N2CC[C@@H](Cc3ccccc3)C2)cs1. The molecule has 0 radical (unpaired) electrons. The molecule has 1 fully saturated rings. The van der Waals surface area contributed by atoms with Gasteiger partial charge in [-0.05, 0) is 38.2 Å². The van der Waals surface area contributed by atoms with Gasteiger partial charge in [-0.3, -0.25) is 0 Å². The van der Waals surface area contributed by atoms with Gasteiger partial charge >= 0.3 is 6.03 Å². The lowest BCUT2D eigenvalue weighted by Gasteiger charge is -2.20. The fraction of sp³-hybridized carbons (Fsp3) is 0.444. The molecule has 1 aliphatic heterocycles. The molecule has 23 heavy (non-hydrogen) atoms. The van der Waals surface area contributed by atoms with Crippen molar-refractivity contribution in [2.24, 2.45) is 5.92 Å². The summed E-state index contributed by atoms with van der Waals surface area (Å²) in [6, 6.07) is 10.5. The van der Waals surface area contributed by atoms with Crippen LogP contribution in [-0.4, -0.2) is 29.0 Å². The summed E-state index contributed by atoms with van der Waals surface area (Å²) in [7, 11) is 0. The van der Waals surface area contributed by atoms with E-state index in [-0.39, 0.29) is 12.1 Å². The molecule has 2 atom stereocenters. The van der Waals surface area contributed by atoms with Crippen LogP contribution in [0.2, 0.25) is 0 Å². The van der Waals surface area contributed by atoms with Crippen LogP contribution in [0.25, 0.3) is 0 Å². The zero-order valence-corrected chi connectivity index (χ0v) is 14.5. The Hall–Kier alpha value is -1.88. The van der Waals surface area contributed by atoms with Gasteiger partial charge in [0.2, 0.25) is 0 Å². The highest BCUT2D eigenvalue weighted by Crippen LogP contribution is 2.22. The molecule has 4 nitrogen and oxygen atoms in total. The Morgan fingerprint density at radius 1 is 1.43 bits per heavy atom. The summed E-state index contributed by atoms with van der Waals surface area (Å²) in [5.74, 6) is 0.556. The number of aromatic nitrogens is 1. The predicted octanol–water partition coefficient (Wildman–Crippen LogP) is 3.79. The van der Waals surface area contributed by atoms with E-state index in [1.807, 2.05) is 30.2 Å². The predicted molar refractivity (Wildman–Crippen MR) is 93.6 cm³/mol. The summed E-state index contributed by atoms with van der Waals surface area (Å²) in [5, 5.41) is 6.12. The highest BCUT2D eigenvalue weighted by Gasteiger charge is 2.27. The van der Waals surface area contributed by atoms with Gasteiger partial charge in [-0.15, -0.1) is 11.3 Å². The van der Waals surface area contributed by atoms with E-state index in [2.05, 4.69) is 34.6 Å². The molecule has 1 saturated heterocycles. The van der Waals surface area contributed by atoms with Gasteiger partial charge in [0, 0.05) is 18.5 Å². The lowest BCUT2D eigenvalue weighted by Crippen LogP contribution is -2.39. The van der Waals surface area contributed by atoms with Gasteiger partial charge in [-0.25, -0.2) is 9.78 Å². The Morgan fingerprint density at radius 3 is 2.91 bits per heavy atom. The van der Waals surface area contributed by atoms with Crippen molar-refractivity contribution >= 4 is 17.4 Å². The van der Waals surface area contributed by atoms with Crippen molar-refractivity contribution in [2.45, 2.75) is 32.7 Å². The number of hydrogen-bond donors (Lipinski definition) is 1. The third-order valence-corrected chi connectivity index (χ3v) is 5.15. The van der Waals surface area contributed by atoms with Gasteiger partial charge < -0.3 is 10.2 Å². The van der Waals surface area contributed by atoms with E-state index in [9.17, 15) is 4.79 Å². The molecule has 1 aromatic carbocycles. The minimum atomic E-state index is -0.0411. The van der Waals surface area contributed by atoms with Crippen LogP contribution in [0.1, 0.15) is 35.7 Å². The standard InChI is InChI=1S/C18H23N3OS/c1-13(17-12-23-14(2)20-17)19-18(22)21-9-8-16(11-21)10-15-6-4-3-5-7-15/h3-7,12-13,16H,8-11H2,1-2H3,(H,19,22)/t13-,16-/m0/s1. The summed E-state index contributed by atoms with van der Waals surface area (Å²) in [6.45, 7) is 5.65. The molecule has 2 heterocycles. The molecule has 0 bridgehead atoms. The Kier molecular flexibility index (Phi) is 4.96. The molecule has 0 unspecified atom stereocenters. The third-order valence-electron chi connectivity index (χ3n) is 4.36. The average molecular weight is 329 g/mol. The molecule has 2 aromatic rings. The molecule has 1 aromatic heterocycles. The van der Waals surface area contributed by atoms with Crippen molar-refractivity contribution in [3.63, 3.8) is 0 Å². The first-order valence-electron chi connectivity index (χ1n) is 8.13.